The van der Waals surface area contributed by atoms with Crippen molar-refractivity contribution in [1.29, 1.82) is 0 Å². The van der Waals surface area contributed by atoms with Crippen LogP contribution in [0, 0.1) is 5.82 Å². The van der Waals surface area contributed by atoms with Crippen molar-refractivity contribution < 1.29 is 4.39 Å². The summed E-state index contributed by atoms with van der Waals surface area (Å²) in [4.78, 5) is 9.26. The Bertz CT molecular complexity index is 1070. The zero-order valence-corrected chi connectivity index (χ0v) is 14.5. The molecule has 1 N–H and O–H groups in total. The minimum absolute atomic E-state index is 0.335. The molecule has 3 nitrogen and oxygen atoms in total. The summed E-state index contributed by atoms with van der Waals surface area (Å²) in [5, 5.41) is 4.47. The third kappa shape index (κ3) is 3.51. The van der Waals surface area contributed by atoms with Crippen molar-refractivity contribution in [2.45, 2.75) is 6.42 Å². The molecule has 0 aliphatic rings. The van der Waals surface area contributed by atoms with Gasteiger partial charge in [0.15, 0.2) is 0 Å². The van der Waals surface area contributed by atoms with E-state index in [1.54, 1.807) is 30.3 Å². The number of anilines is 2. The Morgan fingerprint density at radius 1 is 0.885 bits per heavy atom. The second-order valence-electron chi connectivity index (χ2n) is 5.92. The number of hydrogen-bond donors (Lipinski definition) is 1. The van der Waals surface area contributed by atoms with Gasteiger partial charge in [-0.15, -0.1) is 0 Å². The van der Waals surface area contributed by atoms with Crippen LogP contribution in [0.15, 0.2) is 72.8 Å². The van der Waals surface area contributed by atoms with Gasteiger partial charge in [-0.2, -0.15) is 0 Å². The Kier molecular flexibility index (Phi) is 4.50. The number of hydrogen-bond acceptors (Lipinski definition) is 3. The van der Waals surface area contributed by atoms with Crippen molar-refractivity contribution in [1.82, 2.24) is 9.97 Å². The second kappa shape index (κ2) is 7.10. The first-order chi connectivity index (χ1) is 12.7. The molecular weight excluding hydrogens is 349 g/mol. The van der Waals surface area contributed by atoms with Crippen molar-refractivity contribution in [2.24, 2.45) is 0 Å². The minimum Gasteiger partial charge on any atom is -0.337 e. The molecule has 0 saturated heterocycles. The third-order valence-electron chi connectivity index (χ3n) is 4.04. The molecule has 0 radical (unpaired) electrons. The minimum atomic E-state index is -0.335. The lowest BCUT2D eigenvalue weighted by atomic mass is 10.1. The van der Waals surface area contributed by atoms with E-state index >= 15 is 0 Å². The number of halogens is 2. The molecule has 0 amide bonds. The Balaban J connectivity index is 1.80. The maximum Gasteiger partial charge on any atom is 0.146 e. The lowest BCUT2D eigenvalue weighted by Crippen LogP contribution is -2.03. The standard InChI is InChI=1S/C21H15ClFN3/c22-15-10-11-16-19(13-15)24-20(12-14-6-2-1-3-7-14)26-21(16)25-18-9-5-4-8-17(18)23/h1-11,13H,12H2,(H,24,25,26). The van der Waals surface area contributed by atoms with E-state index in [1.807, 2.05) is 36.4 Å². The summed E-state index contributed by atoms with van der Waals surface area (Å²) in [6, 6.07) is 21.9. The molecule has 5 heteroatoms. The summed E-state index contributed by atoms with van der Waals surface area (Å²) in [6.07, 6.45) is 0.579. The molecule has 0 atom stereocenters. The summed E-state index contributed by atoms with van der Waals surface area (Å²) in [6.45, 7) is 0. The van der Waals surface area contributed by atoms with Crippen LogP contribution in [0.3, 0.4) is 0 Å². The summed E-state index contributed by atoms with van der Waals surface area (Å²) < 4.78 is 14.1. The van der Waals surface area contributed by atoms with Crippen molar-refractivity contribution in [3.05, 3.63) is 95.0 Å². The Hall–Kier alpha value is -2.98. The topological polar surface area (TPSA) is 37.8 Å². The van der Waals surface area contributed by atoms with Crippen LogP contribution in [0.4, 0.5) is 15.9 Å². The first-order valence-electron chi connectivity index (χ1n) is 8.21. The van der Waals surface area contributed by atoms with Crippen LogP contribution in [0.2, 0.25) is 5.02 Å². The van der Waals surface area contributed by atoms with Crippen LogP contribution in [-0.2, 0) is 6.42 Å². The van der Waals surface area contributed by atoms with Gasteiger partial charge in [0.2, 0.25) is 0 Å². The molecule has 0 aliphatic carbocycles. The lowest BCUT2D eigenvalue weighted by molar-refractivity contribution is 0.632. The van der Waals surface area contributed by atoms with Gasteiger partial charge in [0.25, 0.3) is 0 Å². The molecule has 0 aliphatic heterocycles. The molecular formula is C21H15ClFN3. The van der Waals surface area contributed by atoms with Gasteiger partial charge in [-0.25, -0.2) is 14.4 Å². The molecule has 26 heavy (non-hydrogen) atoms. The number of benzene rings is 3. The van der Waals surface area contributed by atoms with Gasteiger partial charge in [-0.3, -0.25) is 0 Å². The van der Waals surface area contributed by atoms with Crippen LogP contribution < -0.4 is 5.32 Å². The molecule has 128 valence electrons. The van der Waals surface area contributed by atoms with Crippen molar-refractivity contribution >= 4 is 34.0 Å². The van der Waals surface area contributed by atoms with Crippen LogP contribution >= 0.6 is 11.6 Å². The van der Waals surface area contributed by atoms with E-state index in [-0.39, 0.29) is 5.82 Å². The highest BCUT2D eigenvalue weighted by molar-refractivity contribution is 6.31. The van der Waals surface area contributed by atoms with Gasteiger partial charge in [-0.05, 0) is 35.9 Å². The molecule has 4 rings (SSSR count). The number of aromatic nitrogens is 2. The molecule has 0 unspecified atom stereocenters. The van der Waals surface area contributed by atoms with E-state index in [0.717, 1.165) is 16.5 Å². The fourth-order valence-corrected chi connectivity index (χ4v) is 2.96. The van der Waals surface area contributed by atoms with Gasteiger partial charge in [0.05, 0.1) is 11.2 Å². The SMILES string of the molecule is Fc1ccccc1Nc1nc(Cc2ccccc2)nc2cc(Cl)ccc12. The highest BCUT2D eigenvalue weighted by Crippen LogP contribution is 2.27. The second-order valence-corrected chi connectivity index (χ2v) is 6.35. The highest BCUT2D eigenvalue weighted by atomic mass is 35.5. The van der Waals surface area contributed by atoms with Crippen LogP contribution in [0.5, 0.6) is 0 Å². The maximum absolute atomic E-state index is 14.1. The first-order valence-corrected chi connectivity index (χ1v) is 8.58. The number of para-hydroxylation sites is 1. The van der Waals surface area contributed by atoms with Gasteiger partial charge in [0.1, 0.15) is 17.5 Å². The fourth-order valence-electron chi connectivity index (χ4n) is 2.79. The van der Waals surface area contributed by atoms with Crippen molar-refractivity contribution in [3.8, 4) is 0 Å². The van der Waals surface area contributed by atoms with Crippen LogP contribution in [-0.4, -0.2) is 9.97 Å². The van der Waals surface area contributed by atoms with E-state index < -0.39 is 0 Å². The van der Waals surface area contributed by atoms with Crippen molar-refractivity contribution in [2.75, 3.05) is 5.32 Å². The largest absolute Gasteiger partial charge is 0.337 e. The zero-order chi connectivity index (χ0) is 17.9. The lowest BCUT2D eigenvalue weighted by Gasteiger charge is -2.12. The number of rotatable bonds is 4. The van der Waals surface area contributed by atoms with E-state index in [9.17, 15) is 4.39 Å². The molecule has 0 fully saturated rings. The molecule has 1 aromatic heterocycles. The Labute approximate surface area is 155 Å². The first kappa shape index (κ1) is 16.5. The van der Waals surface area contributed by atoms with Gasteiger partial charge in [0, 0.05) is 16.8 Å². The monoisotopic (exact) mass is 363 g/mol. The average molecular weight is 364 g/mol. The molecule has 1 heterocycles. The third-order valence-corrected chi connectivity index (χ3v) is 4.27. The Morgan fingerprint density at radius 2 is 1.65 bits per heavy atom. The van der Waals surface area contributed by atoms with Gasteiger partial charge < -0.3 is 5.32 Å². The number of fused-ring (bicyclic) bond motifs is 1. The summed E-state index contributed by atoms with van der Waals surface area (Å²) in [5.74, 6) is 0.866. The van der Waals surface area contributed by atoms with Crippen LogP contribution in [0.25, 0.3) is 10.9 Å². The van der Waals surface area contributed by atoms with E-state index in [4.69, 9.17) is 11.6 Å². The summed E-state index contributed by atoms with van der Waals surface area (Å²) >= 11 is 6.13. The highest BCUT2D eigenvalue weighted by Gasteiger charge is 2.11. The predicted octanol–water partition coefficient (Wildman–Crippen LogP) is 5.76. The quantitative estimate of drug-likeness (QED) is 0.501. The molecule has 4 aromatic rings. The summed E-state index contributed by atoms with van der Waals surface area (Å²) in [7, 11) is 0. The zero-order valence-electron chi connectivity index (χ0n) is 13.8. The molecule has 0 saturated carbocycles. The normalized spacial score (nSPS) is 10.8. The summed E-state index contributed by atoms with van der Waals surface area (Å²) in [5.41, 5.74) is 2.19. The van der Waals surface area contributed by atoms with Crippen molar-refractivity contribution in [3.63, 3.8) is 0 Å². The molecule has 3 aromatic carbocycles. The molecule has 0 spiro atoms. The van der Waals surface area contributed by atoms with E-state index in [0.29, 0.717) is 28.8 Å². The number of nitrogens with zero attached hydrogens (tertiary/aromatic N) is 2. The van der Waals surface area contributed by atoms with E-state index in [2.05, 4.69) is 15.3 Å². The van der Waals surface area contributed by atoms with Gasteiger partial charge in [-0.1, -0.05) is 54.1 Å². The Morgan fingerprint density at radius 3 is 2.46 bits per heavy atom. The van der Waals surface area contributed by atoms with Gasteiger partial charge >= 0.3 is 0 Å². The predicted molar refractivity (Wildman–Crippen MR) is 103 cm³/mol. The molecule has 0 bridgehead atoms. The maximum atomic E-state index is 14.1. The van der Waals surface area contributed by atoms with E-state index in [1.165, 1.54) is 6.07 Å². The van der Waals surface area contributed by atoms with Crippen LogP contribution in [0.1, 0.15) is 11.4 Å². The smallest absolute Gasteiger partial charge is 0.146 e. The number of nitrogens with one attached hydrogen (secondary N) is 1. The fraction of sp³-hybridized carbons (Fsp3) is 0.0476. The average Bonchev–Trinajstić information content (AvgIpc) is 2.64.